The molecule has 0 saturated carbocycles. The van der Waals surface area contributed by atoms with E-state index in [0.29, 0.717) is 13.0 Å². The second-order valence-corrected chi connectivity index (χ2v) is 7.11. The first kappa shape index (κ1) is 19.1. The van der Waals surface area contributed by atoms with E-state index in [1.165, 1.54) is 5.69 Å². The van der Waals surface area contributed by atoms with Crippen LogP contribution >= 0.6 is 0 Å². The van der Waals surface area contributed by atoms with Gasteiger partial charge in [0.2, 0.25) is 5.91 Å². The summed E-state index contributed by atoms with van der Waals surface area (Å²) in [6, 6.07) is 18.2. The normalized spacial score (nSPS) is 14.7. The van der Waals surface area contributed by atoms with Crippen molar-refractivity contribution in [2.75, 3.05) is 44.2 Å². The van der Waals surface area contributed by atoms with E-state index in [1.807, 2.05) is 30.3 Å². The fourth-order valence-electron chi connectivity index (χ4n) is 3.52. The van der Waals surface area contributed by atoms with E-state index in [1.54, 1.807) is 11.0 Å². The number of piperazine rings is 1. The molecule has 0 atom stereocenters. The fraction of sp³-hybridized carbons (Fsp3) is 0.333. The van der Waals surface area contributed by atoms with Crippen LogP contribution in [0.15, 0.2) is 60.9 Å². The number of nitrogens with one attached hydrogen (secondary N) is 1. The summed E-state index contributed by atoms with van der Waals surface area (Å²) in [5.74, 6) is 0.0445. The predicted molar refractivity (Wildman–Crippen MR) is 111 cm³/mol. The van der Waals surface area contributed by atoms with Gasteiger partial charge >= 0.3 is 0 Å². The maximum atomic E-state index is 12.2. The summed E-state index contributed by atoms with van der Waals surface area (Å²) in [4.78, 5) is 17.0. The lowest BCUT2D eigenvalue weighted by atomic mass is 10.1. The van der Waals surface area contributed by atoms with Crippen LogP contribution in [0.4, 0.5) is 5.69 Å². The fourth-order valence-corrected chi connectivity index (χ4v) is 3.52. The van der Waals surface area contributed by atoms with E-state index in [4.69, 9.17) is 0 Å². The van der Waals surface area contributed by atoms with Crippen molar-refractivity contribution >= 4 is 11.6 Å². The number of carbonyl (C=O) groups is 1. The number of benzene rings is 2. The summed E-state index contributed by atoms with van der Waals surface area (Å²) >= 11 is 0. The highest BCUT2D eigenvalue weighted by Gasteiger charge is 2.16. The Morgan fingerprint density at radius 1 is 0.931 bits per heavy atom. The first-order valence-electron chi connectivity index (χ1n) is 9.89. The zero-order valence-corrected chi connectivity index (χ0v) is 16.3. The van der Waals surface area contributed by atoms with Crippen molar-refractivity contribution in [3.63, 3.8) is 0 Å². The van der Waals surface area contributed by atoms with Crippen LogP contribution in [0.1, 0.15) is 5.56 Å². The van der Waals surface area contributed by atoms with E-state index >= 15 is 0 Å². The highest BCUT2D eigenvalue weighted by Crippen LogP contribution is 2.15. The van der Waals surface area contributed by atoms with Gasteiger partial charge in [0, 0.05) is 45.0 Å². The summed E-state index contributed by atoms with van der Waals surface area (Å²) in [5, 5.41) is 14.1. The zero-order chi connectivity index (χ0) is 19.9. The van der Waals surface area contributed by atoms with Gasteiger partial charge in [0.15, 0.2) is 0 Å². The lowest BCUT2D eigenvalue weighted by Crippen LogP contribution is -2.48. The van der Waals surface area contributed by atoms with Crippen molar-refractivity contribution in [3.8, 4) is 5.69 Å². The van der Waals surface area contributed by atoms with Gasteiger partial charge in [-0.15, -0.1) is 5.10 Å². The first-order valence-corrected chi connectivity index (χ1v) is 9.89. The van der Waals surface area contributed by atoms with Crippen LogP contribution in [0.3, 0.4) is 0 Å². The minimum Gasteiger partial charge on any atom is -0.369 e. The summed E-state index contributed by atoms with van der Waals surface area (Å²) in [6.07, 6.45) is 1.92. The van der Waals surface area contributed by atoms with E-state index in [9.17, 15) is 4.79 Å². The molecule has 1 aromatic heterocycles. The Bertz CT molecular complexity index is 889. The Kier molecular flexibility index (Phi) is 6.11. The van der Waals surface area contributed by atoms with Gasteiger partial charge in [-0.25, -0.2) is 4.68 Å². The average Bonchev–Trinajstić information content (AvgIpc) is 3.30. The molecule has 150 valence electrons. The highest BCUT2D eigenvalue weighted by atomic mass is 16.1. The van der Waals surface area contributed by atoms with E-state index in [2.05, 4.69) is 54.9 Å². The molecule has 1 saturated heterocycles. The van der Waals surface area contributed by atoms with Gasteiger partial charge in [-0.1, -0.05) is 30.3 Å². The molecule has 2 aromatic carbocycles. The quantitative estimate of drug-likeness (QED) is 0.651. The minimum atomic E-state index is 0.0445. The number of amides is 1. The molecule has 0 aliphatic carbocycles. The highest BCUT2D eigenvalue weighted by molar-refractivity contribution is 5.78. The Morgan fingerprint density at radius 3 is 2.38 bits per heavy atom. The van der Waals surface area contributed by atoms with Gasteiger partial charge in [0.25, 0.3) is 0 Å². The summed E-state index contributed by atoms with van der Waals surface area (Å²) in [6.45, 7) is 5.63. The molecule has 1 aliphatic heterocycles. The van der Waals surface area contributed by atoms with Gasteiger partial charge in [0.05, 0.1) is 12.1 Å². The summed E-state index contributed by atoms with van der Waals surface area (Å²) in [5.41, 5.74) is 3.12. The molecule has 8 heteroatoms. The molecular weight excluding hydrogens is 366 g/mol. The number of para-hydroxylation sites is 1. The molecule has 0 radical (unpaired) electrons. The monoisotopic (exact) mass is 391 g/mol. The largest absolute Gasteiger partial charge is 0.369 e. The third-order valence-corrected chi connectivity index (χ3v) is 5.16. The molecular formula is C21H25N7O. The van der Waals surface area contributed by atoms with E-state index in [0.717, 1.165) is 44.0 Å². The molecule has 4 rings (SSSR count). The van der Waals surface area contributed by atoms with Gasteiger partial charge in [-0.3, -0.25) is 9.69 Å². The van der Waals surface area contributed by atoms with Crippen LogP contribution in [0.2, 0.25) is 0 Å². The van der Waals surface area contributed by atoms with Crippen molar-refractivity contribution in [1.82, 2.24) is 30.4 Å². The molecule has 1 fully saturated rings. The Balaban J connectivity index is 1.16. The van der Waals surface area contributed by atoms with Gasteiger partial charge in [-0.2, -0.15) is 0 Å². The van der Waals surface area contributed by atoms with Gasteiger partial charge < -0.3 is 10.2 Å². The second kappa shape index (κ2) is 9.29. The number of anilines is 1. The standard InChI is InChI=1S/C21H25N7O/c29-21(16-18-6-8-20(9-7-18)28-17-23-24-25-28)22-10-11-26-12-14-27(15-13-26)19-4-2-1-3-5-19/h1-9,17H,10-16H2,(H,22,29). The number of tetrazole rings is 1. The smallest absolute Gasteiger partial charge is 0.224 e. The van der Waals surface area contributed by atoms with Crippen molar-refractivity contribution in [2.24, 2.45) is 0 Å². The van der Waals surface area contributed by atoms with Crippen molar-refractivity contribution < 1.29 is 4.79 Å². The van der Waals surface area contributed by atoms with Crippen LogP contribution in [0.5, 0.6) is 0 Å². The van der Waals surface area contributed by atoms with Gasteiger partial charge in [0.1, 0.15) is 6.33 Å². The molecule has 1 amide bonds. The third-order valence-electron chi connectivity index (χ3n) is 5.16. The average molecular weight is 391 g/mol. The Hall–Kier alpha value is -3.26. The topological polar surface area (TPSA) is 79.2 Å². The van der Waals surface area contributed by atoms with Crippen molar-refractivity contribution in [1.29, 1.82) is 0 Å². The number of aromatic nitrogens is 4. The van der Waals surface area contributed by atoms with Crippen LogP contribution in [0.25, 0.3) is 5.69 Å². The summed E-state index contributed by atoms with van der Waals surface area (Å²) < 4.78 is 1.58. The number of rotatable bonds is 7. The maximum absolute atomic E-state index is 12.2. The van der Waals surface area contributed by atoms with Crippen molar-refractivity contribution in [2.45, 2.75) is 6.42 Å². The molecule has 2 heterocycles. The number of carbonyl (C=O) groups excluding carboxylic acids is 1. The molecule has 0 bridgehead atoms. The van der Waals surface area contributed by atoms with Crippen LogP contribution < -0.4 is 10.2 Å². The molecule has 8 nitrogen and oxygen atoms in total. The van der Waals surface area contributed by atoms with Crippen LogP contribution in [0, 0.1) is 0 Å². The lowest BCUT2D eigenvalue weighted by Gasteiger charge is -2.36. The first-order chi connectivity index (χ1) is 14.3. The van der Waals surface area contributed by atoms with Crippen LogP contribution in [-0.2, 0) is 11.2 Å². The number of nitrogens with zero attached hydrogens (tertiary/aromatic N) is 6. The maximum Gasteiger partial charge on any atom is 0.224 e. The van der Waals surface area contributed by atoms with E-state index in [-0.39, 0.29) is 5.91 Å². The van der Waals surface area contributed by atoms with Crippen LogP contribution in [-0.4, -0.2) is 70.3 Å². The van der Waals surface area contributed by atoms with Crippen molar-refractivity contribution in [3.05, 3.63) is 66.5 Å². The number of hydrogen-bond acceptors (Lipinski definition) is 6. The Labute approximate surface area is 170 Å². The number of hydrogen-bond donors (Lipinski definition) is 1. The molecule has 1 aliphatic rings. The Morgan fingerprint density at radius 2 is 1.69 bits per heavy atom. The SMILES string of the molecule is O=C(Cc1ccc(-n2cnnn2)cc1)NCCN1CCN(c2ccccc2)CC1. The lowest BCUT2D eigenvalue weighted by molar-refractivity contribution is -0.120. The molecule has 0 unspecified atom stereocenters. The minimum absolute atomic E-state index is 0.0445. The molecule has 0 spiro atoms. The zero-order valence-electron chi connectivity index (χ0n) is 16.3. The van der Waals surface area contributed by atoms with Gasteiger partial charge in [-0.05, 0) is 40.3 Å². The van der Waals surface area contributed by atoms with E-state index < -0.39 is 0 Å². The molecule has 3 aromatic rings. The predicted octanol–water partition coefficient (Wildman–Crippen LogP) is 1.14. The second-order valence-electron chi connectivity index (χ2n) is 7.11. The molecule has 1 N–H and O–H groups in total. The third kappa shape index (κ3) is 5.17. The summed E-state index contributed by atoms with van der Waals surface area (Å²) in [7, 11) is 0. The molecule has 29 heavy (non-hydrogen) atoms.